The number of aliphatic imine (C=N–C) groups is 1. The minimum Gasteiger partial charge on any atom is -0.476 e. The summed E-state index contributed by atoms with van der Waals surface area (Å²) in [6.45, 7) is 1.97. The van der Waals surface area contributed by atoms with E-state index in [4.69, 9.17) is 0 Å². The second-order valence-electron chi connectivity index (χ2n) is 7.39. The molecule has 1 fully saturated rings. The summed E-state index contributed by atoms with van der Waals surface area (Å²) in [6, 6.07) is -0.133. The van der Waals surface area contributed by atoms with E-state index >= 15 is 0 Å². The first kappa shape index (κ1) is 19.1. The number of carboxylic acid groups (broad SMARTS) is 1. The Bertz CT molecular complexity index is 768. The fourth-order valence-electron chi connectivity index (χ4n) is 4.18. The fraction of sp³-hybridized carbons (Fsp3) is 0.667. The highest BCUT2D eigenvalue weighted by Crippen LogP contribution is 2.29. The van der Waals surface area contributed by atoms with Crippen molar-refractivity contribution in [2.24, 2.45) is 23.9 Å². The second-order valence-corrected chi connectivity index (χ2v) is 7.39. The van der Waals surface area contributed by atoms with E-state index in [0.717, 1.165) is 36.9 Å². The van der Waals surface area contributed by atoms with Crippen molar-refractivity contribution < 1.29 is 19.5 Å². The zero-order valence-corrected chi connectivity index (χ0v) is 15.5. The summed E-state index contributed by atoms with van der Waals surface area (Å²) >= 11 is 0. The van der Waals surface area contributed by atoms with Crippen LogP contribution in [0.1, 0.15) is 47.4 Å². The third-order valence-corrected chi connectivity index (χ3v) is 5.58. The molecular formula is C18H25N5O4. The number of rotatable bonds is 5. The molecule has 2 amide bonds. The maximum Gasteiger partial charge on any atom is 0.356 e. The molecule has 0 spiro atoms. The monoisotopic (exact) mass is 375 g/mol. The van der Waals surface area contributed by atoms with Crippen LogP contribution < -0.4 is 5.32 Å². The molecule has 0 bridgehead atoms. The number of aromatic carboxylic acids is 1. The zero-order chi connectivity index (χ0) is 19.4. The highest BCUT2D eigenvalue weighted by atomic mass is 16.4. The van der Waals surface area contributed by atoms with E-state index in [9.17, 15) is 19.5 Å². The van der Waals surface area contributed by atoms with Crippen LogP contribution >= 0.6 is 0 Å². The molecule has 27 heavy (non-hydrogen) atoms. The molecule has 0 saturated heterocycles. The van der Waals surface area contributed by atoms with Crippen molar-refractivity contribution in [2.75, 3.05) is 19.6 Å². The van der Waals surface area contributed by atoms with Gasteiger partial charge >= 0.3 is 12.0 Å². The Morgan fingerprint density at radius 1 is 1.37 bits per heavy atom. The Labute approximate surface area is 157 Å². The summed E-state index contributed by atoms with van der Waals surface area (Å²) in [6.07, 6.45) is 6.26. The van der Waals surface area contributed by atoms with E-state index in [0.29, 0.717) is 44.4 Å². The SMILES string of the molecule is Cn1nc(C(=O)O)c2c1CN(C(=O)NCC1CCCC(CN=C=O)C1)CC2. The molecule has 1 saturated carbocycles. The van der Waals surface area contributed by atoms with Crippen molar-refractivity contribution in [3.63, 3.8) is 0 Å². The number of carboxylic acids is 1. The van der Waals surface area contributed by atoms with Crippen LogP contribution in [0, 0.1) is 11.8 Å². The molecular weight excluding hydrogens is 350 g/mol. The number of aryl methyl sites for hydroxylation is 1. The number of hydrogen-bond acceptors (Lipinski definition) is 5. The Kier molecular flexibility index (Phi) is 5.91. The summed E-state index contributed by atoms with van der Waals surface area (Å²) in [4.78, 5) is 39.5. The number of hydrogen-bond donors (Lipinski definition) is 2. The summed E-state index contributed by atoms with van der Waals surface area (Å²) in [5, 5.41) is 16.3. The highest BCUT2D eigenvalue weighted by molar-refractivity contribution is 5.87. The van der Waals surface area contributed by atoms with Gasteiger partial charge in [0.25, 0.3) is 0 Å². The first-order valence-corrected chi connectivity index (χ1v) is 9.34. The van der Waals surface area contributed by atoms with Crippen LogP contribution in [0.4, 0.5) is 4.79 Å². The molecule has 1 aliphatic heterocycles. The molecule has 1 aromatic heterocycles. The number of amides is 2. The predicted octanol–water partition coefficient (Wildman–Crippen LogP) is 1.33. The van der Waals surface area contributed by atoms with Crippen molar-refractivity contribution in [3.8, 4) is 0 Å². The molecule has 0 aromatic carbocycles. The Morgan fingerprint density at radius 3 is 2.89 bits per heavy atom. The molecule has 9 nitrogen and oxygen atoms in total. The smallest absolute Gasteiger partial charge is 0.356 e. The van der Waals surface area contributed by atoms with Crippen molar-refractivity contribution in [3.05, 3.63) is 17.0 Å². The Hall–Kier alpha value is -2.67. The van der Waals surface area contributed by atoms with Gasteiger partial charge in [0, 0.05) is 25.7 Å². The maximum absolute atomic E-state index is 12.6. The molecule has 2 aliphatic rings. The number of isocyanates is 1. The normalized spacial score (nSPS) is 21.9. The van der Waals surface area contributed by atoms with Crippen LogP contribution in [0.5, 0.6) is 0 Å². The van der Waals surface area contributed by atoms with E-state index in [1.165, 1.54) is 0 Å². The average Bonchev–Trinajstić information content (AvgIpc) is 3.01. The van der Waals surface area contributed by atoms with Crippen LogP contribution in [0.15, 0.2) is 4.99 Å². The lowest BCUT2D eigenvalue weighted by atomic mass is 9.81. The van der Waals surface area contributed by atoms with Crippen molar-refractivity contribution in [1.29, 1.82) is 0 Å². The molecule has 2 atom stereocenters. The number of aromatic nitrogens is 2. The quantitative estimate of drug-likeness (QED) is 0.595. The molecule has 2 N–H and O–H groups in total. The van der Waals surface area contributed by atoms with Gasteiger partial charge in [-0.25, -0.2) is 19.4 Å². The van der Waals surface area contributed by atoms with Gasteiger partial charge in [0.15, 0.2) is 5.69 Å². The van der Waals surface area contributed by atoms with Crippen LogP contribution in [0.3, 0.4) is 0 Å². The van der Waals surface area contributed by atoms with Gasteiger partial charge in [0.2, 0.25) is 6.08 Å². The van der Waals surface area contributed by atoms with Crippen molar-refractivity contribution in [1.82, 2.24) is 20.0 Å². The van der Waals surface area contributed by atoms with E-state index in [-0.39, 0.29) is 11.7 Å². The average molecular weight is 375 g/mol. The van der Waals surface area contributed by atoms with Crippen molar-refractivity contribution >= 4 is 18.1 Å². The third-order valence-electron chi connectivity index (χ3n) is 5.58. The Balaban J connectivity index is 1.53. The van der Waals surface area contributed by atoms with E-state index in [2.05, 4.69) is 15.4 Å². The predicted molar refractivity (Wildman–Crippen MR) is 96.1 cm³/mol. The first-order valence-electron chi connectivity index (χ1n) is 9.34. The lowest BCUT2D eigenvalue weighted by Gasteiger charge is -2.31. The summed E-state index contributed by atoms with van der Waals surface area (Å²) in [5.74, 6) is -0.246. The van der Waals surface area contributed by atoms with Gasteiger partial charge in [-0.2, -0.15) is 5.10 Å². The largest absolute Gasteiger partial charge is 0.476 e. The number of fused-ring (bicyclic) bond motifs is 1. The van der Waals surface area contributed by atoms with Gasteiger partial charge in [-0.05, 0) is 37.5 Å². The number of nitrogens with zero attached hydrogens (tertiary/aromatic N) is 4. The van der Waals surface area contributed by atoms with Gasteiger partial charge < -0.3 is 15.3 Å². The van der Waals surface area contributed by atoms with E-state index < -0.39 is 5.97 Å². The molecule has 9 heteroatoms. The number of nitrogens with one attached hydrogen (secondary N) is 1. The molecule has 1 aromatic rings. The minimum atomic E-state index is -1.03. The lowest BCUT2D eigenvalue weighted by molar-refractivity contribution is 0.0688. The fourth-order valence-corrected chi connectivity index (χ4v) is 4.18. The zero-order valence-electron chi connectivity index (χ0n) is 15.5. The third kappa shape index (κ3) is 4.36. The number of urea groups is 1. The van der Waals surface area contributed by atoms with Gasteiger partial charge in [0.1, 0.15) is 0 Å². The molecule has 2 unspecified atom stereocenters. The van der Waals surface area contributed by atoms with Gasteiger partial charge in [-0.1, -0.05) is 6.42 Å². The topological polar surface area (TPSA) is 117 Å². The standard InChI is InChI=1S/C18H25N5O4/c1-22-15-10-23(6-5-14(15)16(21-22)17(25)26)18(27)20-9-13-4-2-3-12(7-13)8-19-11-24/h12-13H,2-10H2,1H3,(H,20,27)(H,25,26). The van der Waals surface area contributed by atoms with Gasteiger partial charge in [-0.15, -0.1) is 0 Å². The molecule has 3 rings (SSSR count). The summed E-state index contributed by atoms with van der Waals surface area (Å²) in [7, 11) is 1.71. The maximum atomic E-state index is 12.6. The molecule has 2 heterocycles. The minimum absolute atomic E-state index is 0.0822. The lowest BCUT2D eigenvalue weighted by Crippen LogP contribution is -2.45. The molecule has 1 aliphatic carbocycles. The molecule has 0 radical (unpaired) electrons. The second kappa shape index (κ2) is 8.35. The summed E-state index contributed by atoms with van der Waals surface area (Å²) in [5.41, 5.74) is 1.58. The van der Waals surface area contributed by atoms with Gasteiger partial charge in [0.05, 0.1) is 18.8 Å². The number of carbonyl (C=O) groups is 2. The van der Waals surface area contributed by atoms with Crippen LogP contribution in [-0.2, 0) is 24.8 Å². The van der Waals surface area contributed by atoms with Crippen molar-refractivity contribution in [2.45, 2.75) is 38.6 Å². The highest BCUT2D eigenvalue weighted by Gasteiger charge is 2.29. The van der Waals surface area contributed by atoms with Crippen LogP contribution in [0.25, 0.3) is 0 Å². The van der Waals surface area contributed by atoms with Crippen LogP contribution in [-0.4, -0.2) is 57.5 Å². The van der Waals surface area contributed by atoms with E-state index in [1.54, 1.807) is 22.7 Å². The Morgan fingerprint density at radius 2 is 2.15 bits per heavy atom. The van der Waals surface area contributed by atoms with E-state index in [1.807, 2.05) is 0 Å². The first-order chi connectivity index (χ1) is 13.0. The number of carbonyl (C=O) groups excluding carboxylic acids is 2. The molecule has 146 valence electrons. The van der Waals surface area contributed by atoms with Crippen LogP contribution in [0.2, 0.25) is 0 Å². The van der Waals surface area contributed by atoms with Gasteiger partial charge in [-0.3, -0.25) is 4.68 Å². The summed E-state index contributed by atoms with van der Waals surface area (Å²) < 4.78 is 1.55.